The van der Waals surface area contributed by atoms with Crippen molar-refractivity contribution in [3.05, 3.63) is 66.0 Å². The number of ether oxygens (including phenoxy) is 1. The van der Waals surface area contributed by atoms with Gasteiger partial charge in [0.15, 0.2) is 6.23 Å². The van der Waals surface area contributed by atoms with E-state index >= 15 is 0 Å². The highest BCUT2D eigenvalue weighted by atomic mass is 16.5. The van der Waals surface area contributed by atoms with Gasteiger partial charge in [-0.1, -0.05) is 36.4 Å². The fraction of sp³-hybridized carbons (Fsp3) is 0.267. The molecule has 0 spiro atoms. The third kappa shape index (κ3) is 2.15. The van der Waals surface area contributed by atoms with E-state index in [1.54, 1.807) is 6.20 Å². The molecule has 92 valence electrons. The van der Waals surface area contributed by atoms with E-state index < -0.39 is 0 Å². The van der Waals surface area contributed by atoms with Crippen LogP contribution in [-0.2, 0) is 4.74 Å². The Hall–Kier alpha value is -1.71. The van der Waals surface area contributed by atoms with Crippen LogP contribution in [0.3, 0.4) is 0 Å². The Bertz CT molecular complexity index is 500. The first-order chi connectivity index (χ1) is 8.84. The monoisotopic (exact) mass is 240 g/mol. The summed E-state index contributed by atoms with van der Waals surface area (Å²) < 4.78 is 6.07. The lowest BCUT2D eigenvalue weighted by molar-refractivity contribution is 0.0339. The normalized spacial score (nSPS) is 27.3. The van der Waals surface area contributed by atoms with Crippen molar-refractivity contribution in [1.82, 2.24) is 10.3 Å². The largest absolute Gasteiger partial charge is 0.348 e. The number of hydrogen-bond acceptors (Lipinski definition) is 3. The van der Waals surface area contributed by atoms with Crippen LogP contribution in [0.25, 0.3) is 0 Å². The van der Waals surface area contributed by atoms with Gasteiger partial charge in [0, 0.05) is 12.2 Å². The third-order valence-corrected chi connectivity index (χ3v) is 3.24. The maximum absolute atomic E-state index is 6.07. The molecule has 1 aliphatic heterocycles. The molecule has 3 heteroatoms. The summed E-state index contributed by atoms with van der Waals surface area (Å²) in [4.78, 5) is 4.34. The molecule has 2 aromatic rings. The Kier molecular flexibility index (Phi) is 3.09. The van der Waals surface area contributed by atoms with Crippen LogP contribution in [0.1, 0.15) is 30.5 Å². The van der Waals surface area contributed by atoms with Crippen LogP contribution in [0.4, 0.5) is 0 Å². The van der Waals surface area contributed by atoms with Crippen molar-refractivity contribution in [2.24, 2.45) is 0 Å². The number of rotatable bonds is 2. The van der Waals surface area contributed by atoms with Crippen molar-refractivity contribution in [3.8, 4) is 0 Å². The average Bonchev–Trinajstić information content (AvgIpc) is 2.83. The first-order valence-corrected chi connectivity index (χ1v) is 6.22. The minimum atomic E-state index is -0.119. The van der Waals surface area contributed by atoms with Crippen LogP contribution >= 0.6 is 0 Å². The van der Waals surface area contributed by atoms with Gasteiger partial charge in [0.05, 0.1) is 5.69 Å². The fourth-order valence-corrected chi connectivity index (χ4v) is 2.33. The van der Waals surface area contributed by atoms with Gasteiger partial charge >= 0.3 is 0 Å². The van der Waals surface area contributed by atoms with E-state index in [1.165, 1.54) is 5.56 Å². The highest BCUT2D eigenvalue weighted by molar-refractivity contribution is 5.21. The molecule has 1 saturated heterocycles. The second-order valence-electron chi connectivity index (χ2n) is 4.56. The SMILES string of the molecule is CC1NC(c2ccccn2)OC1c1ccccc1. The maximum atomic E-state index is 6.07. The minimum Gasteiger partial charge on any atom is -0.348 e. The molecular formula is C15H16N2O. The van der Waals surface area contributed by atoms with Crippen LogP contribution in [0.5, 0.6) is 0 Å². The molecule has 1 aromatic carbocycles. The fourth-order valence-electron chi connectivity index (χ4n) is 2.33. The topological polar surface area (TPSA) is 34.2 Å². The van der Waals surface area contributed by atoms with Crippen molar-refractivity contribution in [2.45, 2.75) is 25.3 Å². The number of benzene rings is 1. The van der Waals surface area contributed by atoms with E-state index in [2.05, 4.69) is 29.4 Å². The van der Waals surface area contributed by atoms with Crippen molar-refractivity contribution in [1.29, 1.82) is 0 Å². The molecule has 1 aromatic heterocycles. The summed E-state index contributed by atoms with van der Waals surface area (Å²) in [6.07, 6.45) is 1.76. The van der Waals surface area contributed by atoms with Gasteiger partial charge in [-0.15, -0.1) is 0 Å². The molecule has 3 nitrogen and oxygen atoms in total. The molecule has 1 aliphatic rings. The van der Waals surface area contributed by atoms with Crippen LogP contribution in [0, 0.1) is 0 Å². The molecule has 0 radical (unpaired) electrons. The Labute approximate surface area is 107 Å². The highest BCUT2D eigenvalue weighted by Crippen LogP contribution is 2.33. The zero-order valence-electron chi connectivity index (χ0n) is 10.3. The van der Waals surface area contributed by atoms with E-state index in [0.717, 1.165) is 5.69 Å². The smallest absolute Gasteiger partial charge is 0.152 e. The summed E-state index contributed by atoms with van der Waals surface area (Å²) >= 11 is 0. The van der Waals surface area contributed by atoms with Gasteiger partial charge in [-0.25, -0.2) is 0 Å². The van der Waals surface area contributed by atoms with Gasteiger partial charge < -0.3 is 4.74 Å². The Morgan fingerprint density at radius 3 is 2.56 bits per heavy atom. The molecule has 18 heavy (non-hydrogen) atoms. The van der Waals surface area contributed by atoms with Gasteiger partial charge in [-0.3, -0.25) is 10.3 Å². The third-order valence-electron chi connectivity index (χ3n) is 3.24. The second-order valence-corrected chi connectivity index (χ2v) is 4.56. The maximum Gasteiger partial charge on any atom is 0.152 e. The van der Waals surface area contributed by atoms with Gasteiger partial charge in [0.2, 0.25) is 0 Å². The molecule has 2 heterocycles. The zero-order chi connectivity index (χ0) is 12.4. The lowest BCUT2D eigenvalue weighted by Gasteiger charge is -2.14. The van der Waals surface area contributed by atoms with Crippen LogP contribution in [0.2, 0.25) is 0 Å². The lowest BCUT2D eigenvalue weighted by atomic mass is 10.0. The summed E-state index contributed by atoms with van der Waals surface area (Å²) in [5.41, 5.74) is 2.14. The highest BCUT2D eigenvalue weighted by Gasteiger charge is 2.33. The van der Waals surface area contributed by atoms with E-state index in [0.29, 0.717) is 0 Å². The van der Waals surface area contributed by atoms with Gasteiger partial charge in [0.25, 0.3) is 0 Å². The first kappa shape index (κ1) is 11.4. The van der Waals surface area contributed by atoms with E-state index in [-0.39, 0.29) is 18.4 Å². The molecule has 1 fully saturated rings. The molecule has 1 N–H and O–H groups in total. The summed E-state index contributed by atoms with van der Waals surface area (Å²) in [6, 6.07) is 16.5. The lowest BCUT2D eigenvalue weighted by Crippen LogP contribution is -2.24. The predicted octanol–water partition coefficient (Wildman–Crippen LogP) is 2.83. The molecule has 0 saturated carbocycles. The molecule has 0 amide bonds. The van der Waals surface area contributed by atoms with E-state index in [9.17, 15) is 0 Å². The molecule has 3 unspecified atom stereocenters. The summed E-state index contributed by atoms with van der Waals surface area (Å²) in [6.45, 7) is 2.14. The van der Waals surface area contributed by atoms with E-state index in [1.807, 2.05) is 36.4 Å². The first-order valence-electron chi connectivity index (χ1n) is 6.22. The number of pyridine rings is 1. The molecule has 3 rings (SSSR count). The number of hydrogen-bond donors (Lipinski definition) is 1. The van der Waals surface area contributed by atoms with Gasteiger partial charge in [-0.2, -0.15) is 0 Å². The summed E-state index contributed by atoms with van der Waals surface area (Å²) in [7, 11) is 0. The van der Waals surface area contributed by atoms with Crippen LogP contribution < -0.4 is 5.32 Å². The van der Waals surface area contributed by atoms with Crippen LogP contribution in [0.15, 0.2) is 54.7 Å². The number of nitrogens with one attached hydrogen (secondary N) is 1. The van der Waals surface area contributed by atoms with Crippen molar-refractivity contribution in [2.75, 3.05) is 0 Å². The molecule has 0 aliphatic carbocycles. The quantitative estimate of drug-likeness (QED) is 0.876. The number of nitrogens with zero attached hydrogens (tertiary/aromatic N) is 1. The van der Waals surface area contributed by atoms with Crippen molar-refractivity contribution >= 4 is 0 Å². The van der Waals surface area contributed by atoms with Crippen molar-refractivity contribution < 1.29 is 4.74 Å². The minimum absolute atomic E-state index is 0.0817. The standard InChI is InChI=1S/C15H16N2O/c1-11-14(12-7-3-2-4-8-12)18-15(17-11)13-9-5-6-10-16-13/h2-11,14-15,17H,1H3. The zero-order valence-corrected chi connectivity index (χ0v) is 10.3. The molecule has 0 bridgehead atoms. The Balaban J connectivity index is 1.81. The van der Waals surface area contributed by atoms with E-state index in [4.69, 9.17) is 4.74 Å². The predicted molar refractivity (Wildman–Crippen MR) is 69.8 cm³/mol. The van der Waals surface area contributed by atoms with Gasteiger partial charge in [0.1, 0.15) is 6.10 Å². The number of aromatic nitrogens is 1. The van der Waals surface area contributed by atoms with Gasteiger partial charge in [-0.05, 0) is 24.6 Å². The Morgan fingerprint density at radius 2 is 1.83 bits per heavy atom. The average molecular weight is 240 g/mol. The van der Waals surface area contributed by atoms with Crippen molar-refractivity contribution in [3.63, 3.8) is 0 Å². The van der Waals surface area contributed by atoms with Crippen LogP contribution in [-0.4, -0.2) is 11.0 Å². The second kappa shape index (κ2) is 4.88. The molecular weight excluding hydrogens is 224 g/mol. The molecule has 3 atom stereocenters. The Morgan fingerprint density at radius 1 is 1.06 bits per heavy atom. The summed E-state index contributed by atoms with van der Waals surface area (Å²) in [5, 5.41) is 3.43. The summed E-state index contributed by atoms with van der Waals surface area (Å²) in [5.74, 6) is 0.